The second-order valence-corrected chi connectivity index (χ2v) is 5.24. The van der Waals surface area contributed by atoms with Crippen molar-refractivity contribution in [2.75, 3.05) is 6.61 Å². The topological polar surface area (TPSA) is 75.6 Å². The molecule has 1 fully saturated rings. The lowest BCUT2D eigenvalue weighted by atomic mass is 10.2. The third-order valence-electron chi connectivity index (χ3n) is 2.71. The Morgan fingerprint density at radius 2 is 2.16 bits per heavy atom. The highest BCUT2D eigenvalue weighted by molar-refractivity contribution is 9.10. The van der Waals surface area contributed by atoms with Crippen molar-refractivity contribution in [3.63, 3.8) is 0 Å². The standard InChI is InChI=1S/C13H14BrNO4/c14-11-4-3-9(7-10(11)13(17)18)19-6-5-12(16)15-8-1-2-8/h3-4,7-8H,1-2,5-6H2,(H,15,16)(H,17,18). The van der Waals surface area contributed by atoms with Crippen molar-refractivity contribution in [1.29, 1.82) is 0 Å². The van der Waals surface area contributed by atoms with E-state index in [1.165, 1.54) is 6.07 Å². The van der Waals surface area contributed by atoms with Gasteiger partial charge in [-0.1, -0.05) is 0 Å². The van der Waals surface area contributed by atoms with Crippen LogP contribution in [-0.2, 0) is 4.79 Å². The van der Waals surface area contributed by atoms with Crippen molar-refractivity contribution in [2.24, 2.45) is 0 Å². The molecule has 102 valence electrons. The predicted molar refractivity (Wildman–Crippen MR) is 72.4 cm³/mol. The Morgan fingerprint density at radius 3 is 2.79 bits per heavy atom. The summed E-state index contributed by atoms with van der Waals surface area (Å²) >= 11 is 3.16. The maximum Gasteiger partial charge on any atom is 0.336 e. The lowest BCUT2D eigenvalue weighted by Crippen LogP contribution is -2.26. The van der Waals surface area contributed by atoms with E-state index < -0.39 is 5.97 Å². The lowest BCUT2D eigenvalue weighted by molar-refractivity contribution is -0.121. The number of carbonyl (C=O) groups is 2. The summed E-state index contributed by atoms with van der Waals surface area (Å²) in [4.78, 5) is 22.4. The van der Waals surface area contributed by atoms with E-state index in [1.807, 2.05) is 0 Å². The number of rotatable bonds is 6. The van der Waals surface area contributed by atoms with E-state index in [1.54, 1.807) is 12.1 Å². The molecule has 0 spiro atoms. The Morgan fingerprint density at radius 1 is 1.42 bits per heavy atom. The van der Waals surface area contributed by atoms with Crippen molar-refractivity contribution in [3.8, 4) is 5.75 Å². The Hall–Kier alpha value is -1.56. The number of carboxylic acid groups (broad SMARTS) is 1. The zero-order valence-corrected chi connectivity index (χ0v) is 11.8. The van der Waals surface area contributed by atoms with Crippen molar-refractivity contribution in [2.45, 2.75) is 25.3 Å². The molecular formula is C13H14BrNO4. The van der Waals surface area contributed by atoms with Crippen LogP contribution in [0.2, 0.25) is 0 Å². The fourth-order valence-electron chi connectivity index (χ4n) is 1.55. The van der Waals surface area contributed by atoms with Gasteiger partial charge in [-0.2, -0.15) is 0 Å². The molecule has 19 heavy (non-hydrogen) atoms. The molecular weight excluding hydrogens is 314 g/mol. The van der Waals surface area contributed by atoms with Gasteiger partial charge in [0.05, 0.1) is 18.6 Å². The normalized spacial score (nSPS) is 13.9. The third-order valence-corrected chi connectivity index (χ3v) is 3.40. The van der Waals surface area contributed by atoms with Crippen molar-refractivity contribution in [1.82, 2.24) is 5.32 Å². The van der Waals surface area contributed by atoms with Crippen LogP contribution in [0, 0.1) is 0 Å². The zero-order valence-electron chi connectivity index (χ0n) is 10.2. The molecule has 1 saturated carbocycles. The fourth-order valence-corrected chi connectivity index (χ4v) is 1.96. The van der Waals surface area contributed by atoms with Crippen LogP contribution < -0.4 is 10.1 Å². The molecule has 0 saturated heterocycles. The number of amides is 1. The third kappa shape index (κ3) is 4.24. The van der Waals surface area contributed by atoms with Gasteiger partial charge in [-0.3, -0.25) is 4.79 Å². The number of hydrogen-bond donors (Lipinski definition) is 2. The van der Waals surface area contributed by atoms with Crippen LogP contribution >= 0.6 is 15.9 Å². The van der Waals surface area contributed by atoms with Crippen molar-refractivity contribution in [3.05, 3.63) is 28.2 Å². The van der Waals surface area contributed by atoms with Gasteiger partial charge in [0.25, 0.3) is 0 Å². The minimum Gasteiger partial charge on any atom is -0.493 e. The summed E-state index contributed by atoms with van der Waals surface area (Å²) in [6, 6.07) is 5.06. The fraction of sp³-hybridized carbons (Fsp3) is 0.385. The summed E-state index contributed by atoms with van der Waals surface area (Å²) in [7, 11) is 0. The van der Waals surface area contributed by atoms with E-state index in [0.29, 0.717) is 16.3 Å². The van der Waals surface area contributed by atoms with Gasteiger partial charge in [0.1, 0.15) is 5.75 Å². The number of ether oxygens (including phenoxy) is 1. The number of carbonyl (C=O) groups excluding carboxylic acids is 1. The highest BCUT2D eigenvalue weighted by atomic mass is 79.9. The van der Waals surface area contributed by atoms with E-state index in [4.69, 9.17) is 9.84 Å². The molecule has 0 bridgehead atoms. The van der Waals surface area contributed by atoms with E-state index in [0.717, 1.165) is 12.8 Å². The van der Waals surface area contributed by atoms with Crippen LogP contribution in [0.3, 0.4) is 0 Å². The predicted octanol–water partition coefficient (Wildman–Crippen LogP) is 2.19. The monoisotopic (exact) mass is 327 g/mol. The molecule has 6 heteroatoms. The first-order chi connectivity index (χ1) is 9.06. The molecule has 0 radical (unpaired) electrons. The van der Waals surface area contributed by atoms with Crippen LogP contribution in [0.5, 0.6) is 5.75 Å². The molecule has 0 aliphatic heterocycles. The molecule has 0 aromatic heterocycles. The zero-order chi connectivity index (χ0) is 13.8. The van der Waals surface area contributed by atoms with Gasteiger partial charge in [-0.25, -0.2) is 4.79 Å². The highest BCUT2D eigenvalue weighted by Gasteiger charge is 2.22. The van der Waals surface area contributed by atoms with E-state index in [-0.39, 0.29) is 24.5 Å². The summed E-state index contributed by atoms with van der Waals surface area (Å²) in [6.07, 6.45) is 2.39. The van der Waals surface area contributed by atoms with Gasteiger partial charge in [-0.15, -0.1) is 0 Å². The van der Waals surface area contributed by atoms with Crippen LogP contribution in [0.15, 0.2) is 22.7 Å². The van der Waals surface area contributed by atoms with Crippen molar-refractivity contribution >= 4 is 27.8 Å². The summed E-state index contributed by atoms with van der Waals surface area (Å²) in [5.41, 5.74) is 0.139. The van der Waals surface area contributed by atoms with E-state index >= 15 is 0 Å². The summed E-state index contributed by atoms with van der Waals surface area (Å²) in [5.74, 6) is -0.610. The maximum atomic E-state index is 11.4. The highest BCUT2D eigenvalue weighted by Crippen LogP contribution is 2.23. The first-order valence-electron chi connectivity index (χ1n) is 6.01. The molecule has 0 heterocycles. The molecule has 2 rings (SSSR count). The van der Waals surface area contributed by atoms with Gasteiger partial charge in [0.15, 0.2) is 0 Å². The molecule has 2 N–H and O–H groups in total. The maximum absolute atomic E-state index is 11.4. The van der Waals surface area contributed by atoms with Crippen LogP contribution in [-0.4, -0.2) is 29.6 Å². The number of hydrogen-bond acceptors (Lipinski definition) is 3. The Kier molecular flexibility index (Phi) is 4.42. The molecule has 1 aromatic rings. The first-order valence-corrected chi connectivity index (χ1v) is 6.80. The SMILES string of the molecule is O=C(CCOc1ccc(Br)c(C(=O)O)c1)NC1CC1. The Labute approximate surface area is 119 Å². The van der Waals surface area contributed by atoms with E-state index in [9.17, 15) is 9.59 Å². The molecule has 1 amide bonds. The first kappa shape index (κ1) is 13.9. The number of benzene rings is 1. The van der Waals surface area contributed by atoms with Crippen molar-refractivity contribution < 1.29 is 19.4 Å². The molecule has 1 aromatic carbocycles. The number of aromatic carboxylic acids is 1. The second-order valence-electron chi connectivity index (χ2n) is 4.39. The minimum atomic E-state index is -1.02. The van der Waals surface area contributed by atoms with Gasteiger partial charge >= 0.3 is 5.97 Å². The van der Waals surface area contributed by atoms with Gasteiger partial charge in [0, 0.05) is 10.5 Å². The second kappa shape index (κ2) is 6.06. The quantitative estimate of drug-likeness (QED) is 0.839. The number of carboxylic acids is 1. The molecule has 5 nitrogen and oxygen atoms in total. The summed E-state index contributed by atoms with van der Waals surface area (Å²) in [5, 5.41) is 11.8. The number of nitrogens with one attached hydrogen (secondary N) is 1. The largest absolute Gasteiger partial charge is 0.493 e. The van der Waals surface area contributed by atoms with Gasteiger partial charge in [-0.05, 0) is 47.0 Å². The average Bonchev–Trinajstić information content (AvgIpc) is 3.14. The minimum absolute atomic E-state index is 0.0296. The average molecular weight is 328 g/mol. The van der Waals surface area contributed by atoms with E-state index in [2.05, 4.69) is 21.2 Å². The van der Waals surface area contributed by atoms with Crippen LogP contribution in [0.4, 0.5) is 0 Å². The molecule has 1 aliphatic rings. The van der Waals surface area contributed by atoms with Crippen LogP contribution in [0.1, 0.15) is 29.6 Å². The smallest absolute Gasteiger partial charge is 0.336 e. The molecule has 0 atom stereocenters. The van der Waals surface area contributed by atoms with Gasteiger partial charge < -0.3 is 15.2 Å². The van der Waals surface area contributed by atoms with Gasteiger partial charge in [0.2, 0.25) is 5.91 Å². The van der Waals surface area contributed by atoms with Crippen LogP contribution in [0.25, 0.3) is 0 Å². The summed E-state index contributed by atoms with van der Waals surface area (Å²) in [6.45, 7) is 0.235. The lowest BCUT2D eigenvalue weighted by Gasteiger charge is -2.08. The summed E-state index contributed by atoms with van der Waals surface area (Å²) < 4.78 is 5.88. The molecule has 1 aliphatic carbocycles. The Bertz CT molecular complexity index is 499. The Balaban J connectivity index is 1.83. The number of halogens is 1. The molecule has 0 unspecified atom stereocenters.